The highest BCUT2D eigenvalue weighted by molar-refractivity contribution is 7.80. The Morgan fingerprint density at radius 2 is 1.47 bits per heavy atom. The molecule has 0 spiro atoms. The van der Waals surface area contributed by atoms with Crippen LogP contribution in [0.5, 0.6) is 0 Å². The van der Waals surface area contributed by atoms with Crippen molar-refractivity contribution < 1.29 is 9.59 Å². The third-order valence-corrected chi connectivity index (χ3v) is 7.79. The molecule has 4 saturated carbocycles. The lowest BCUT2D eigenvalue weighted by atomic mass is 9.49. The van der Waals surface area contributed by atoms with Crippen LogP contribution in [0.25, 0.3) is 0 Å². The van der Waals surface area contributed by atoms with Gasteiger partial charge in [0.15, 0.2) is 5.11 Å². The highest BCUT2D eigenvalue weighted by Gasteiger charge is 2.54. The van der Waals surface area contributed by atoms with E-state index in [1.54, 1.807) is 24.1 Å². The molecule has 6 heteroatoms. The minimum absolute atomic E-state index is 0.0829. The van der Waals surface area contributed by atoms with Crippen LogP contribution in [0.2, 0.25) is 0 Å². The summed E-state index contributed by atoms with van der Waals surface area (Å²) in [5, 5.41) is 6.40. The second-order valence-electron chi connectivity index (χ2n) is 9.88. The number of carbonyl (C=O) groups is 2. The van der Waals surface area contributed by atoms with Gasteiger partial charge in [-0.3, -0.25) is 9.59 Å². The van der Waals surface area contributed by atoms with E-state index in [0.717, 1.165) is 30.6 Å². The predicted molar refractivity (Wildman–Crippen MR) is 131 cm³/mol. The number of thiocarbonyl (C=S) groups is 1. The highest BCUT2D eigenvalue weighted by atomic mass is 32.1. The van der Waals surface area contributed by atoms with Gasteiger partial charge in [-0.1, -0.05) is 18.2 Å². The van der Waals surface area contributed by atoms with Gasteiger partial charge in [0.2, 0.25) is 5.91 Å². The van der Waals surface area contributed by atoms with Gasteiger partial charge in [0.25, 0.3) is 5.91 Å². The van der Waals surface area contributed by atoms with Crippen molar-refractivity contribution in [3.8, 4) is 0 Å². The Hall–Kier alpha value is -2.73. The number of rotatable bonds is 4. The fourth-order valence-electron chi connectivity index (χ4n) is 6.45. The molecule has 4 fully saturated rings. The highest BCUT2D eigenvalue weighted by Crippen LogP contribution is 2.60. The summed E-state index contributed by atoms with van der Waals surface area (Å²) in [6.45, 7) is 0. The van der Waals surface area contributed by atoms with Crippen LogP contribution >= 0.6 is 12.2 Å². The zero-order valence-corrected chi connectivity index (χ0v) is 19.2. The second kappa shape index (κ2) is 8.32. The lowest BCUT2D eigenvalue weighted by Crippen LogP contribution is -2.55. The molecule has 0 unspecified atom stereocenters. The third kappa shape index (κ3) is 4.04. The first-order valence-corrected chi connectivity index (χ1v) is 11.9. The SMILES string of the molecule is CN(C(=O)c1ccc(NC(=S)NC(=O)C23CC4CC(CC(C4)C2)C3)cc1)c1ccccc1. The number of nitrogens with zero attached hydrogens (tertiary/aromatic N) is 1. The predicted octanol–water partition coefficient (Wildman–Crippen LogP) is 4.99. The molecule has 2 aromatic carbocycles. The Labute approximate surface area is 194 Å². The molecular formula is C26H29N3O2S. The summed E-state index contributed by atoms with van der Waals surface area (Å²) in [6.07, 6.45) is 6.96. The van der Waals surface area contributed by atoms with Gasteiger partial charge in [-0.05, 0) is 105 Å². The molecule has 4 aliphatic carbocycles. The topological polar surface area (TPSA) is 61.4 Å². The zero-order valence-electron chi connectivity index (χ0n) is 18.3. The van der Waals surface area contributed by atoms with Gasteiger partial charge in [-0.25, -0.2) is 0 Å². The van der Waals surface area contributed by atoms with Crippen LogP contribution in [0.4, 0.5) is 11.4 Å². The van der Waals surface area contributed by atoms with Crippen LogP contribution in [0.3, 0.4) is 0 Å². The number of para-hydroxylation sites is 1. The number of benzene rings is 2. The maximum Gasteiger partial charge on any atom is 0.258 e. The van der Waals surface area contributed by atoms with Gasteiger partial charge in [-0.2, -0.15) is 0 Å². The summed E-state index contributed by atoms with van der Waals surface area (Å²) in [5.41, 5.74) is 1.96. The Kier molecular flexibility index (Phi) is 5.49. The molecule has 5 nitrogen and oxygen atoms in total. The number of amides is 2. The molecule has 2 amide bonds. The summed E-state index contributed by atoms with van der Waals surface area (Å²) in [6, 6.07) is 16.7. The molecule has 2 N–H and O–H groups in total. The van der Waals surface area contributed by atoms with E-state index in [2.05, 4.69) is 10.6 Å². The Balaban J connectivity index is 1.19. The van der Waals surface area contributed by atoms with Crippen LogP contribution in [0.15, 0.2) is 54.6 Å². The largest absolute Gasteiger partial charge is 0.332 e. The molecule has 0 aromatic heterocycles. The molecule has 0 saturated heterocycles. The first-order valence-electron chi connectivity index (χ1n) is 11.5. The summed E-state index contributed by atoms with van der Waals surface area (Å²) in [7, 11) is 1.76. The smallest absolute Gasteiger partial charge is 0.258 e. The van der Waals surface area contributed by atoms with E-state index in [1.807, 2.05) is 42.5 Å². The van der Waals surface area contributed by atoms with Crippen LogP contribution < -0.4 is 15.5 Å². The first-order chi connectivity index (χ1) is 15.4. The molecule has 0 aliphatic heterocycles. The van der Waals surface area contributed by atoms with Crippen LogP contribution in [0.1, 0.15) is 48.9 Å². The van der Waals surface area contributed by atoms with Gasteiger partial charge >= 0.3 is 0 Å². The summed E-state index contributed by atoms with van der Waals surface area (Å²) < 4.78 is 0. The van der Waals surface area contributed by atoms with Crippen LogP contribution in [-0.4, -0.2) is 24.0 Å². The van der Waals surface area contributed by atoms with Crippen molar-refractivity contribution in [2.45, 2.75) is 38.5 Å². The van der Waals surface area contributed by atoms with Gasteiger partial charge in [0, 0.05) is 24.0 Å². The Morgan fingerprint density at radius 1 is 0.906 bits per heavy atom. The summed E-state index contributed by atoms with van der Waals surface area (Å²) >= 11 is 5.44. The van der Waals surface area contributed by atoms with Gasteiger partial charge in [0.1, 0.15) is 0 Å². The van der Waals surface area contributed by atoms with Crippen molar-refractivity contribution in [2.75, 3.05) is 17.3 Å². The molecule has 6 rings (SSSR count). The van der Waals surface area contributed by atoms with Gasteiger partial charge in [-0.15, -0.1) is 0 Å². The van der Waals surface area contributed by atoms with Crippen molar-refractivity contribution in [1.29, 1.82) is 0 Å². The number of hydrogen-bond donors (Lipinski definition) is 2. The maximum atomic E-state index is 13.2. The summed E-state index contributed by atoms with van der Waals surface area (Å²) in [5.74, 6) is 2.15. The quantitative estimate of drug-likeness (QED) is 0.648. The standard InChI is InChI=1S/C26H29N3O2S/c1-29(22-5-3-2-4-6-22)23(30)20-7-9-21(10-8-20)27-25(32)28-24(31)26-14-17-11-18(15-26)13-19(12-17)16-26/h2-10,17-19H,11-16H2,1H3,(H2,27,28,31,32). The number of carbonyl (C=O) groups excluding carboxylic acids is 2. The van der Waals surface area contributed by atoms with E-state index in [9.17, 15) is 9.59 Å². The number of nitrogens with one attached hydrogen (secondary N) is 2. The van der Waals surface area contributed by atoms with E-state index in [1.165, 1.54) is 19.3 Å². The molecule has 0 atom stereocenters. The first kappa shape index (κ1) is 21.1. The average molecular weight is 448 g/mol. The monoisotopic (exact) mass is 447 g/mol. The minimum atomic E-state index is -0.223. The van der Waals surface area contributed by atoms with Gasteiger partial charge in [0.05, 0.1) is 5.41 Å². The fraction of sp³-hybridized carbons (Fsp3) is 0.423. The molecule has 4 bridgehead atoms. The normalized spacial score (nSPS) is 27.6. The molecule has 166 valence electrons. The molecule has 0 radical (unpaired) electrons. The van der Waals surface area contributed by atoms with Crippen molar-refractivity contribution in [3.05, 3.63) is 60.2 Å². The van der Waals surface area contributed by atoms with Gasteiger partial charge < -0.3 is 15.5 Å². The van der Waals surface area contributed by atoms with E-state index in [0.29, 0.717) is 28.4 Å². The number of anilines is 2. The molecule has 0 heterocycles. The Morgan fingerprint density at radius 3 is 2.03 bits per heavy atom. The van der Waals surface area contributed by atoms with Crippen molar-refractivity contribution in [1.82, 2.24) is 5.32 Å². The molecular weight excluding hydrogens is 418 g/mol. The molecule has 32 heavy (non-hydrogen) atoms. The molecule has 2 aromatic rings. The minimum Gasteiger partial charge on any atom is -0.332 e. The van der Waals surface area contributed by atoms with E-state index < -0.39 is 0 Å². The Bertz CT molecular complexity index is 1000. The van der Waals surface area contributed by atoms with Crippen LogP contribution in [-0.2, 0) is 4.79 Å². The zero-order chi connectivity index (χ0) is 22.3. The molecule has 4 aliphatic rings. The van der Waals surface area contributed by atoms with Crippen molar-refractivity contribution >= 4 is 40.5 Å². The van der Waals surface area contributed by atoms with Crippen LogP contribution in [0, 0.1) is 23.2 Å². The van der Waals surface area contributed by atoms with E-state index in [4.69, 9.17) is 12.2 Å². The summed E-state index contributed by atoms with van der Waals surface area (Å²) in [4.78, 5) is 27.5. The van der Waals surface area contributed by atoms with Crippen molar-refractivity contribution in [3.63, 3.8) is 0 Å². The average Bonchev–Trinajstić information content (AvgIpc) is 2.78. The lowest BCUT2D eigenvalue weighted by Gasteiger charge is -2.55. The second-order valence-corrected chi connectivity index (χ2v) is 10.3. The lowest BCUT2D eigenvalue weighted by molar-refractivity contribution is -0.144. The maximum absolute atomic E-state index is 13.2. The van der Waals surface area contributed by atoms with Crippen molar-refractivity contribution in [2.24, 2.45) is 23.2 Å². The van der Waals surface area contributed by atoms with E-state index >= 15 is 0 Å². The van der Waals surface area contributed by atoms with E-state index in [-0.39, 0.29) is 17.2 Å². The third-order valence-electron chi connectivity index (χ3n) is 7.58. The fourth-order valence-corrected chi connectivity index (χ4v) is 6.66. The number of hydrogen-bond acceptors (Lipinski definition) is 3.